The number of ether oxygens (including phenoxy) is 1. The van der Waals surface area contributed by atoms with Crippen LogP contribution in [-0.2, 0) is 14.0 Å². The second-order valence-corrected chi connectivity index (χ2v) is 17.4. The molecule has 2 atom stereocenters. The van der Waals surface area contributed by atoms with Crippen molar-refractivity contribution in [2.24, 2.45) is 0 Å². The van der Waals surface area contributed by atoms with Gasteiger partial charge in [0.1, 0.15) is 5.60 Å². The molecule has 1 fully saturated rings. The lowest BCUT2D eigenvalue weighted by molar-refractivity contribution is -0.128. The summed E-state index contributed by atoms with van der Waals surface area (Å²) in [5, 5.41) is 2.07. The van der Waals surface area contributed by atoms with Crippen LogP contribution < -0.4 is 10.4 Å². The molecule has 3 aromatic rings. The van der Waals surface area contributed by atoms with E-state index in [0.29, 0.717) is 0 Å². The molecule has 2 amide bonds. The third kappa shape index (κ3) is 6.21. The Hall–Kier alpha value is -2.74. The molecule has 206 valence electrons. The molecule has 0 radical (unpaired) electrons. The van der Waals surface area contributed by atoms with Gasteiger partial charge in [0.25, 0.3) is 8.32 Å². The molecule has 1 aliphatic heterocycles. The van der Waals surface area contributed by atoms with Crippen LogP contribution in [0.15, 0.2) is 89.4 Å². The number of likely N-dealkylation sites (tertiary alicyclic amines) is 1. The molecule has 0 aromatic heterocycles. The normalized spacial score (nSPS) is 18.3. The van der Waals surface area contributed by atoms with Gasteiger partial charge >= 0.3 is 6.09 Å². The summed E-state index contributed by atoms with van der Waals surface area (Å²) in [6, 6.07) is 28.2. The molecule has 0 spiro atoms. The smallest absolute Gasteiger partial charge is 0.417 e. The fraction of sp³-hybridized carbons (Fsp3) is 0.375. The van der Waals surface area contributed by atoms with E-state index in [4.69, 9.17) is 9.16 Å². The van der Waals surface area contributed by atoms with Crippen LogP contribution in [0.3, 0.4) is 0 Å². The summed E-state index contributed by atoms with van der Waals surface area (Å²) in [7, 11) is -2.89. The summed E-state index contributed by atoms with van der Waals surface area (Å²) in [5.41, 5.74) is 0.268. The van der Waals surface area contributed by atoms with Crippen molar-refractivity contribution in [1.82, 2.24) is 4.90 Å². The molecule has 7 heteroatoms. The van der Waals surface area contributed by atoms with Crippen LogP contribution in [-0.4, -0.2) is 43.5 Å². The van der Waals surface area contributed by atoms with E-state index in [2.05, 4.69) is 61.0 Å². The van der Waals surface area contributed by atoms with Gasteiger partial charge in [-0.25, -0.2) is 9.69 Å². The monoisotopic (exact) mass is 607 g/mol. The van der Waals surface area contributed by atoms with Crippen LogP contribution in [0, 0.1) is 0 Å². The molecule has 0 N–H and O–H groups in total. The molecule has 1 saturated heterocycles. The van der Waals surface area contributed by atoms with Crippen LogP contribution in [0.4, 0.5) is 4.79 Å². The van der Waals surface area contributed by atoms with Crippen LogP contribution in [0.5, 0.6) is 0 Å². The molecule has 1 aliphatic rings. The van der Waals surface area contributed by atoms with Gasteiger partial charge in [-0.05, 0) is 53.9 Å². The highest BCUT2D eigenvalue weighted by Gasteiger charge is 2.53. The van der Waals surface area contributed by atoms with Crippen molar-refractivity contribution in [3.63, 3.8) is 0 Å². The van der Waals surface area contributed by atoms with Gasteiger partial charge in [0.15, 0.2) is 0 Å². The van der Waals surface area contributed by atoms with E-state index in [9.17, 15) is 9.59 Å². The number of imide groups is 1. The average molecular weight is 609 g/mol. The van der Waals surface area contributed by atoms with Crippen LogP contribution in [0.1, 0.15) is 59.4 Å². The van der Waals surface area contributed by atoms with Crippen molar-refractivity contribution in [3.8, 4) is 0 Å². The SMILES string of the molecule is CC(C)(C)OC(=O)N1C(=O)C[C@H](c2ccc(Br)cc2)[C@H]1CO[Si](c1ccccc1)(c1ccccc1)C(C)(C)C. The first-order chi connectivity index (χ1) is 18.3. The minimum absolute atomic E-state index is 0.207. The number of amides is 2. The lowest BCUT2D eigenvalue weighted by atomic mass is 9.92. The minimum Gasteiger partial charge on any atom is -0.443 e. The molecule has 0 unspecified atom stereocenters. The van der Waals surface area contributed by atoms with Gasteiger partial charge in [-0.15, -0.1) is 0 Å². The number of nitrogens with zero attached hydrogens (tertiary/aromatic N) is 1. The number of rotatable bonds is 6. The molecule has 1 heterocycles. The third-order valence-corrected chi connectivity index (χ3v) is 12.8. The summed E-state index contributed by atoms with van der Waals surface area (Å²) in [6.45, 7) is 12.3. The first-order valence-electron chi connectivity index (χ1n) is 13.4. The van der Waals surface area contributed by atoms with E-state index in [-0.39, 0.29) is 29.9 Å². The Kier molecular flexibility index (Phi) is 8.54. The van der Waals surface area contributed by atoms with Crippen LogP contribution >= 0.6 is 15.9 Å². The second kappa shape index (κ2) is 11.4. The Bertz CT molecular complexity index is 1240. The number of hydrogen-bond acceptors (Lipinski definition) is 4. The van der Waals surface area contributed by atoms with Crippen molar-refractivity contribution in [3.05, 3.63) is 95.0 Å². The van der Waals surface area contributed by atoms with Crippen molar-refractivity contribution < 1.29 is 18.8 Å². The Morgan fingerprint density at radius 1 is 0.872 bits per heavy atom. The Balaban J connectivity index is 1.80. The van der Waals surface area contributed by atoms with E-state index in [1.54, 1.807) is 0 Å². The standard InChI is InChI=1S/C32H38BrNO4Si/c1-31(2,3)38-30(36)34-28(27(21-29(34)35)23-17-19-24(33)20-18-23)22-37-39(32(4,5)6,25-13-9-7-10-14-25)26-15-11-8-12-16-26/h7-20,27-28H,21-22H2,1-6H3/t27-,28-/m1/s1. The fourth-order valence-electron chi connectivity index (χ4n) is 5.55. The highest BCUT2D eigenvalue weighted by molar-refractivity contribution is 9.10. The summed E-state index contributed by atoms with van der Waals surface area (Å²) in [6.07, 6.45) is -0.404. The zero-order valence-electron chi connectivity index (χ0n) is 23.6. The highest BCUT2D eigenvalue weighted by Crippen LogP contribution is 2.40. The lowest BCUT2D eigenvalue weighted by Crippen LogP contribution is -2.67. The van der Waals surface area contributed by atoms with E-state index < -0.39 is 26.1 Å². The molecular formula is C32H38BrNO4Si. The molecular weight excluding hydrogens is 570 g/mol. The van der Waals surface area contributed by atoms with Gasteiger partial charge in [-0.2, -0.15) is 0 Å². The molecule has 39 heavy (non-hydrogen) atoms. The van der Waals surface area contributed by atoms with Gasteiger partial charge in [0.05, 0.1) is 12.6 Å². The second-order valence-electron chi connectivity index (χ2n) is 12.1. The molecule has 0 saturated carbocycles. The zero-order chi connectivity index (χ0) is 28.4. The predicted molar refractivity (Wildman–Crippen MR) is 162 cm³/mol. The topological polar surface area (TPSA) is 55.8 Å². The Morgan fingerprint density at radius 3 is 1.85 bits per heavy atom. The van der Waals surface area contributed by atoms with E-state index in [0.717, 1.165) is 20.4 Å². The van der Waals surface area contributed by atoms with Crippen molar-refractivity contribution in [2.75, 3.05) is 6.61 Å². The number of benzene rings is 3. The number of carbonyl (C=O) groups is 2. The number of hydrogen-bond donors (Lipinski definition) is 0. The summed E-state index contributed by atoms with van der Waals surface area (Å²) in [4.78, 5) is 28.1. The van der Waals surface area contributed by atoms with Gasteiger partial charge in [-0.1, -0.05) is 109 Å². The average Bonchev–Trinajstić information content (AvgIpc) is 3.20. The molecule has 0 aliphatic carbocycles. The van der Waals surface area contributed by atoms with Gasteiger partial charge in [0, 0.05) is 16.8 Å². The third-order valence-electron chi connectivity index (χ3n) is 7.24. The summed E-state index contributed by atoms with van der Waals surface area (Å²) in [5.74, 6) is -0.454. The first kappa shape index (κ1) is 29.2. The van der Waals surface area contributed by atoms with Crippen molar-refractivity contribution in [2.45, 2.75) is 70.6 Å². The van der Waals surface area contributed by atoms with E-state index >= 15 is 0 Å². The molecule has 5 nitrogen and oxygen atoms in total. The highest BCUT2D eigenvalue weighted by atomic mass is 79.9. The Morgan fingerprint density at radius 2 is 1.38 bits per heavy atom. The predicted octanol–water partition coefficient (Wildman–Crippen LogP) is 6.65. The van der Waals surface area contributed by atoms with E-state index in [1.165, 1.54) is 4.90 Å². The van der Waals surface area contributed by atoms with Crippen molar-refractivity contribution in [1.29, 1.82) is 0 Å². The molecule has 0 bridgehead atoms. The van der Waals surface area contributed by atoms with Crippen LogP contribution in [0.25, 0.3) is 0 Å². The van der Waals surface area contributed by atoms with E-state index in [1.807, 2.05) is 81.4 Å². The first-order valence-corrected chi connectivity index (χ1v) is 16.1. The zero-order valence-corrected chi connectivity index (χ0v) is 26.2. The Labute approximate surface area is 241 Å². The van der Waals surface area contributed by atoms with Gasteiger partial charge < -0.3 is 9.16 Å². The number of halogens is 1. The van der Waals surface area contributed by atoms with Crippen LogP contribution in [0.2, 0.25) is 5.04 Å². The fourth-order valence-corrected chi connectivity index (χ4v) is 10.4. The number of carbonyl (C=O) groups excluding carboxylic acids is 2. The maximum absolute atomic E-state index is 13.4. The van der Waals surface area contributed by atoms with Gasteiger partial charge in [-0.3, -0.25) is 4.79 Å². The largest absolute Gasteiger partial charge is 0.443 e. The summed E-state index contributed by atoms with van der Waals surface area (Å²) < 4.78 is 13.9. The lowest BCUT2D eigenvalue weighted by Gasteiger charge is -2.44. The van der Waals surface area contributed by atoms with Crippen molar-refractivity contribution >= 4 is 46.6 Å². The quantitative estimate of drug-likeness (QED) is 0.295. The minimum atomic E-state index is -2.89. The maximum atomic E-state index is 13.4. The maximum Gasteiger partial charge on any atom is 0.417 e. The van der Waals surface area contributed by atoms with Gasteiger partial charge in [0.2, 0.25) is 5.91 Å². The molecule has 4 rings (SSSR count). The molecule has 3 aromatic carbocycles. The summed E-state index contributed by atoms with van der Waals surface area (Å²) >= 11 is 3.51.